The summed E-state index contributed by atoms with van der Waals surface area (Å²) in [6.07, 6.45) is 1.51. The minimum absolute atomic E-state index is 0.0263. The van der Waals surface area contributed by atoms with E-state index in [1.807, 2.05) is 18.2 Å². The van der Waals surface area contributed by atoms with Crippen molar-refractivity contribution in [3.05, 3.63) is 30.3 Å². The Morgan fingerprint density at radius 1 is 1.23 bits per heavy atom. The van der Waals surface area contributed by atoms with Crippen molar-refractivity contribution >= 4 is 23.6 Å². The number of carbonyl (C=O) groups excluding carboxylic acids is 2. The largest absolute Gasteiger partial charge is 0.369 e. The molecule has 1 aromatic carbocycles. The molecule has 0 radical (unpaired) electrons. The number of amides is 2. The van der Waals surface area contributed by atoms with E-state index in [2.05, 4.69) is 22.3 Å². The maximum Gasteiger partial charge on any atom is 0.234 e. The minimum Gasteiger partial charge on any atom is -0.369 e. The highest BCUT2D eigenvalue weighted by atomic mass is 32.2. The van der Waals surface area contributed by atoms with E-state index in [9.17, 15) is 9.59 Å². The summed E-state index contributed by atoms with van der Waals surface area (Å²) in [7, 11) is 0. The van der Waals surface area contributed by atoms with E-state index < -0.39 is 0 Å². The number of piperidine rings is 1. The molecule has 6 heteroatoms. The lowest BCUT2D eigenvalue weighted by atomic mass is 9.96. The van der Waals surface area contributed by atoms with Gasteiger partial charge in [0.25, 0.3) is 0 Å². The van der Waals surface area contributed by atoms with Gasteiger partial charge >= 0.3 is 0 Å². The van der Waals surface area contributed by atoms with Gasteiger partial charge in [0.15, 0.2) is 0 Å². The van der Waals surface area contributed by atoms with Crippen molar-refractivity contribution in [2.75, 3.05) is 31.9 Å². The van der Waals surface area contributed by atoms with Gasteiger partial charge in [-0.1, -0.05) is 18.2 Å². The average molecular weight is 321 g/mol. The van der Waals surface area contributed by atoms with Gasteiger partial charge in [0, 0.05) is 23.1 Å². The smallest absolute Gasteiger partial charge is 0.234 e. The standard InChI is InChI=1S/C16H23N3O2S/c17-16(21)13-6-9-19(10-7-13)12-15(20)18-8-11-22-14-4-2-1-3-5-14/h1-5,13H,6-12H2,(H2,17,21)(H,18,20). The highest BCUT2D eigenvalue weighted by Gasteiger charge is 2.23. The van der Waals surface area contributed by atoms with E-state index in [-0.39, 0.29) is 17.7 Å². The maximum absolute atomic E-state index is 11.9. The third kappa shape index (κ3) is 5.69. The Hall–Kier alpha value is -1.53. The van der Waals surface area contributed by atoms with E-state index in [4.69, 9.17) is 5.73 Å². The Labute approximate surface area is 135 Å². The van der Waals surface area contributed by atoms with Crippen LogP contribution >= 0.6 is 11.8 Å². The molecule has 2 rings (SSSR count). The van der Waals surface area contributed by atoms with Crippen LogP contribution in [0.4, 0.5) is 0 Å². The van der Waals surface area contributed by atoms with Crippen molar-refractivity contribution in [2.45, 2.75) is 17.7 Å². The normalized spacial score (nSPS) is 16.4. The number of hydrogen-bond acceptors (Lipinski definition) is 4. The molecule has 1 aliphatic rings. The third-order valence-electron chi connectivity index (χ3n) is 3.79. The second kappa shape index (κ2) is 8.80. The van der Waals surface area contributed by atoms with Gasteiger partial charge in [0.05, 0.1) is 6.54 Å². The number of benzene rings is 1. The van der Waals surface area contributed by atoms with Crippen LogP contribution in [0.5, 0.6) is 0 Å². The molecule has 0 spiro atoms. The molecule has 3 N–H and O–H groups in total. The average Bonchev–Trinajstić information content (AvgIpc) is 2.53. The van der Waals surface area contributed by atoms with Gasteiger partial charge in [-0.2, -0.15) is 0 Å². The molecule has 0 aromatic heterocycles. The Morgan fingerprint density at radius 2 is 1.91 bits per heavy atom. The molecule has 1 saturated heterocycles. The Bertz CT molecular complexity index is 487. The summed E-state index contributed by atoms with van der Waals surface area (Å²) in [5, 5.41) is 2.94. The number of primary amides is 1. The molecule has 120 valence electrons. The number of thioether (sulfide) groups is 1. The fourth-order valence-electron chi connectivity index (χ4n) is 2.51. The van der Waals surface area contributed by atoms with Crippen LogP contribution in [0.15, 0.2) is 35.2 Å². The molecule has 0 unspecified atom stereocenters. The van der Waals surface area contributed by atoms with E-state index >= 15 is 0 Å². The minimum atomic E-state index is -0.220. The van der Waals surface area contributed by atoms with Crippen molar-refractivity contribution in [1.29, 1.82) is 0 Å². The topological polar surface area (TPSA) is 75.4 Å². The predicted octanol–water partition coefficient (Wildman–Crippen LogP) is 1.09. The first kappa shape index (κ1) is 16.8. The summed E-state index contributed by atoms with van der Waals surface area (Å²) in [5.41, 5.74) is 5.30. The van der Waals surface area contributed by atoms with Gasteiger partial charge < -0.3 is 11.1 Å². The fraction of sp³-hybridized carbons (Fsp3) is 0.500. The van der Waals surface area contributed by atoms with Crippen molar-refractivity contribution in [3.63, 3.8) is 0 Å². The zero-order valence-corrected chi connectivity index (χ0v) is 13.5. The number of likely N-dealkylation sites (tertiary alicyclic amines) is 1. The summed E-state index contributed by atoms with van der Waals surface area (Å²) in [6.45, 7) is 2.59. The Kier molecular flexibility index (Phi) is 6.74. The van der Waals surface area contributed by atoms with Crippen LogP contribution < -0.4 is 11.1 Å². The Morgan fingerprint density at radius 3 is 2.55 bits per heavy atom. The van der Waals surface area contributed by atoms with Gasteiger partial charge in [-0.3, -0.25) is 14.5 Å². The molecule has 1 fully saturated rings. The number of nitrogens with two attached hydrogens (primary N) is 1. The first-order valence-corrected chi connectivity index (χ1v) is 8.60. The molecule has 0 bridgehead atoms. The molecular weight excluding hydrogens is 298 g/mol. The zero-order valence-electron chi connectivity index (χ0n) is 12.7. The third-order valence-corrected chi connectivity index (χ3v) is 4.81. The van der Waals surface area contributed by atoms with Crippen molar-refractivity contribution in [2.24, 2.45) is 11.7 Å². The van der Waals surface area contributed by atoms with Crippen LogP contribution in [-0.2, 0) is 9.59 Å². The number of nitrogens with zero attached hydrogens (tertiary/aromatic N) is 1. The highest BCUT2D eigenvalue weighted by molar-refractivity contribution is 7.99. The predicted molar refractivity (Wildman–Crippen MR) is 88.5 cm³/mol. The molecule has 1 heterocycles. The number of hydrogen-bond donors (Lipinski definition) is 2. The number of rotatable bonds is 7. The van der Waals surface area contributed by atoms with Gasteiger partial charge in [0.1, 0.15) is 0 Å². The van der Waals surface area contributed by atoms with Crippen LogP contribution in [0.25, 0.3) is 0 Å². The zero-order chi connectivity index (χ0) is 15.8. The van der Waals surface area contributed by atoms with Gasteiger partial charge in [0.2, 0.25) is 11.8 Å². The summed E-state index contributed by atoms with van der Waals surface area (Å²) in [4.78, 5) is 26.3. The first-order valence-electron chi connectivity index (χ1n) is 7.61. The lowest BCUT2D eigenvalue weighted by Crippen LogP contribution is -2.43. The SMILES string of the molecule is NC(=O)C1CCN(CC(=O)NCCSc2ccccc2)CC1. The lowest BCUT2D eigenvalue weighted by molar-refractivity contribution is -0.124. The molecule has 0 aliphatic carbocycles. The summed E-state index contributed by atoms with van der Waals surface area (Å²) < 4.78 is 0. The maximum atomic E-state index is 11.9. The first-order chi connectivity index (χ1) is 10.6. The van der Waals surface area contributed by atoms with Crippen molar-refractivity contribution in [3.8, 4) is 0 Å². The lowest BCUT2D eigenvalue weighted by Gasteiger charge is -2.29. The van der Waals surface area contributed by atoms with Crippen molar-refractivity contribution in [1.82, 2.24) is 10.2 Å². The summed E-state index contributed by atoms with van der Waals surface area (Å²) >= 11 is 1.73. The second-order valence-corrected chi connectivity index (χ2v) is 6.63. The molecule has 22 heavy (non-hydrogen) atoms. The van der Waals surface area contributed by atoms with E-state index in [0.29, 0.717) is 13.1 Å². The van der Waals surface area contributed by atoms with Crippen LogP contribution in [0.2, 0.25) is 0 Å². The van der Waals surface area contributed by atoms with Crippen LogP contribution in [0.1, 0.15) is 12.8 Å². The number of nitrogens with one attached hydrogen (secondary N) is 1. The van der Waals surface area contributed by atoms with Crippen molar-refractivity contribution < 1.29 is 9.59 Å². The summed E-state index contributed by atoms with van der Waals surface area (Å²) in [5.74, 6) is 0.661. The molecule has 0 atom stereocenters. The van der Waals surface area contributed by atoms with Crippen LogP contribution in [0, 0.1) is 5.92 Å². The summed E-state index contributed by atoms with van der Waals surface area (Å²) in [6, 6.07) is 10.1. The molecule has 0 saturated carbocycles. The van der Waals surface area contributed by atoms with Gasteiger partial charge in [-0.25, -0.2) is 0 Å². The quantitative estimate of drug-likeness (QED) is 0.582. The molecule has 1 aromatic rings. The van der Waals surface area contributed by atoms with Crippen LogP contribution in [0.3, 0.4) is 0 Å². The van der Waals surface area contributed by atoms with E-state index in [1.165, 1.54) is 4.90 Å². The second-order valence-electron chi connectivity index (χ2n) is 5.46. The number of carbonyl (C=O) groups is 2. The molecule has 1 aliphatic heterocycles. The molecular formula is C16H23N3O2S. The van der Waals surface area contributed by atoms with Crippen LogP contribution in [-0.4, -0.2) is 48.6 Å². The highest BCUT2D eigenvalue weighted by Crippen LogP contribution is 2.17. The molecule has 2 amide bonds. The molecule has 5 nitrogen and oxygen atoms in total. The van der Waals surface area contributed by atoms with Gasteiger partial charge in [-0.05, 0) is 38.1 Å². The van der Waals surface area contributed by atoms with E-state index in [0.717, 1.165) is 31.7 Å². The Balaban J connectivity index is 1.57. The fourth-order valence-corrected chi connectivity index (χ4v) is 3.30. The van der Waals surface area contributed by atoms with E-state index in [1.54, 1.807) is 11.8 Å². The monoisotopic (exact) mass is 321 g/mol. The van der Waals surface area contributed by atoms with Gasteiger partial charge in [-0.15, -0.1) is 11.8 Å².